The van der Waals surface area contributed by atoms with Gasteiger partial charge in [0.2, 0.25) is 0 Å². The highest BCUT2D eigenvalue weighted by Crippen LogP contribution is 2.16. The third kappa shape index (κ3) is 4.11. The van der Waals surface area contributed by atoms with Gasteiger partial charge in [0.05, 0.1) is 0 Å². The average molecular weight is 253 g/mol. The number of nitrogens with one attached hydrogen (secondary N) is 1. The molecule has 2 heteroatoms. The van der Waals surface area contributed by atoms with Crippen molar-refractivity contribution in [1.29, 1.82) is 0 Å². The summed E-state index contributed by atoms with van der Waals surface area (Å²) >= 11 is 0. The van der Waals surface area contributed by atoms with Crippen LogP contribution < -0.4 is 5.32 Å². The second-order valence-electron chi connectivity index (χ2n) is 4.56. The average Bonchev–Trinajstić information content (AvgIpc) is 2.47. The van der Waals surface area contributed by atoms with Crippen molar-refractivity contribution in [2.75, 3.05) is 18.4 Å². The minimum Gasteiger partial charge on any atom is -0.355 e. The Kier molecular flexibility index (Phi) is 4.99. The number of rotatable bonds is 6. The summed E-state index contributed by atoms with van der Waals surface area (Å²) < 4.78 is 0. The molecular weight excluding hydrogens is 232 g/mol. The van der Waals surface area contributed by atoms with Gasteiger partial charge in [-0.1, -0.05) is 44.2 Å². The van der Waals surface area contributed by atoms with E-state index in [0.29, 0.717) is 0 Å². The molecule has 19 heavy (non-hydrogen) atoms. The zero-order chi connectivity index (χ0) is 13.5. The van der Waals surface area contributed by atoms with Crippen LogP contribution in [0, 0.1) is 6.07 Å². The monoisotopic (exact) mass is 253 g/mol. The van der Waals surface area contributed by atoms with Crippen molar-refractivity contribution in [3.63, 3.8) is 0 Å². The molecule has 0 saturated heterocycles. The number of hydrogen-bond donors (Lipinski definition) is 1. The Labute approximate surface area is 116 Å². The summed E-state index contributed by atoms with van der Waals surface area (Å²) in [7, 11) is 0. The van der Waals surface area contributed by atoms with Gasteiger partial charge in [-0.15, -0.1) is 0 Å². The molecule has 0 aliphatic rings. The first-order valence-electron chi connectivity index (χ1n) is 6.87. The molecule has 0 aromatic heterocycles. The Balaban J connectivity index is 1.98. The lowest BCUT2D eigenvalue weighted by molar-refractivity contribution is 0.296. The standard InChI is InChI=1S/C17H21N2/c1-3-19(4-2)14-15-10-12-17(13-11-15)18-16-8-6-5-7-9-16/h5-8,10-13,18H,3-4,14H2,1-2H3. The van der Waals surface area contributed by atoms with Gasteiger partial charge in [-0.05, 0) is 36.9 Å². The van der Waals surface area contributed by atoms with Crippen LogP contribution >= 0.6 is 0 Å². The summed E-state index contributed by atoms with van der Waals surface area (Å²) in [6.07, 6.45) is 0. The predicted molar refractivity (Wildman–Crippen MR) is 81.6 cm³/mol. The molecule has 0 heterocycles. The second kappa shape index (κ2) is 6.95. The molecule has 0 bridgehead atoms. The van der Waals surface area contributed by atoms with Crippen LogP contribution in [-0.2, 0) is 6.54 Å². The molecule has 1 radical (unpaired) electrons. The van der Waals surface area contributed by atoms with Crippen LogP contribution in [-0.4, -0.2) is 18.0 Å². The van der Waals surface area contributed by atoms with E-state index in [1.165, 1.54) is 5.56 Å². The van der Waals surface area contributed by atoms with Crippen LogP contribution in [0.5, 0.6) is 0 Å². The van der Waals surface area contributed by atoms with Crippen LogP contribution in [0.25, 0.3) is 0 Å². The number of benzene rings is 2. The Morgan fingerprint density at radius 2 is 1.74 bits per heavy atom. The van der Waals surface area contributed by atoms with Crippen LogP contribution in [0.4, 0.5) is 11.4 Å². The molecule has 0 unspecified atom stereocenters. The van der Waals surface area contributed by atoms with E-state index in [4.69, 9.17) is 0 Å². The highest BCUT2D eigenvalue weighted by molar-refractivity contribution is 5.58. The normalized spacial score (nSPS) is 10.7. The fraction of sp³-hybridized carbons (Fsp3) is 0.294. The number of hydrogen-bond acceptors (Lipinski definition) is 2. The first kappa shape index (κ1) is 13.6. The maximum atomic E-state index is 3.34. The van der Waals surface area contributed by atoms with Crippen molar-refractivity contribution in [3.05, 3.63) is 60.2 Å². The molecule has 0 saturated carbocycles. The fourth-order valence-corrected chi connectivity index (χ4v) is 2.03. The van der Waals surface area contributed by atoms with Gasteiger partial charge in [0, 0.05) is 24.0 Å². The smallest absolute Gasteiger partial charge is 0.0464 e. The van der Waals surface area contributed by atoms with Gasteiger partial charge < -0.3 is 5.32 Å². The SMILES string of the molecule is CCN(CC)Cc1ccc(Nc2[c]cccc2)cc1. The van der Waals surface area contributed by atoms with Gasteiger partial charge in [0.15, 0.2) is 0 Å². The molecule has 0 fully saturated rings. The van der Waals surface area contributed by atoms with Gasteiger partial charge in [-0.25, -0.2) is 0 Å². The molecule has 2 rings (SSSR count). The summed E-state index contributed by atoms with van der Waals surface area (Å²) in [5, 5.41) is 3.34. The summed E-state index contributed by atoms with van der Waals surface area (Å²) in [6, 6.07) is 19.7. The first-order chi connectivity index (χ1) is 9.31. The Morgan fingerprint density at radius 3 is 2.32 bits per heavy atom. The lowest BCUT2D eigenvalue weighted by Crippen LogP contribution is -2.21. The molecule has 0 aliphatic heterocycles. The maximum Gasteiger partial charge on any atom is 0.0464 e. The minimum atomic E-state index is 0.999. The van der Waals surface area contributed by atoms with Crippen LogP contribution in [0.2, 0.25) is 0 Å². The van der Waals surface area contributed by atoms with Gasteiger partial charge >= 0.3 is 0 Å². The third-order valence-electron chi connectivity index (χ3n) is 3.24. The van der Waals surface area contributed by atoms with Gasteiger partial charge in [-0.3, -0.25) is 4.90 Å². The van der Waals surface area contributed by atoms with Crippen molar-refractivity contribution < 1.29 is 0 Å². The number of nitrogens with zero attached hydrogens (tertiary/aromatic N) is 1. The zero-order valence-corrected chi connectivity index (χ0v) is 11.7. The van der Waals surface area contributed by atoms with Gasteiger partial charge in [0.25, 0.3) is 0 Å². The fourth-order valence-electron chi connectivity index (χ4n) is 2.03. The van der Waals surface area contributed by atoms with Gasteiger partial charge in [0.1, 0.15) is 0 Å². The van der Waals surface area contributed by atoms with E-state index in [9.17, 15) is 0 Å². The quantitative estimate of drug-likeness (QED) is 0.834. The van der Waals surface area contributed by atoms with Crippen LogP contribution in [0.1, 0.15) is 19.4 Å². The lowest BCUT2D eigenvalue weighted by Gasteiger charge is -2.18. The van der Waals surface area contributed by atoms with Crippen LogP contribution in [0.15, 0.2) is 48.5 Å². The summed E-state index contributed by atoms with van der Waals surface area (Å²) in [5.74, 6) is 0. The second-order valence-corrected chi connectivity index (χ2v) is 4.56. The van der Waals surface area contributed by atoms with E-state index < -0.39 is 0 Å². The van der Waals surface area contributed by atoms with E-state index in [1.54, 1.807) is 0 Å². The molecule has 2 nitrogen and oxygen atoms in total. The van der Waals surface area contributed by atoms with E-state index in [1.807, 2.05) is 24.3 Å². The van der Waals surface area contributed by atoms with Crippen molar-refractivity contribution in [2.45, 2.75) is 20.4 Å². The molecule has 0 spiro atoms. The van der Waals surface area contributed by atoms with E-state index >= 15 is 0 Å². The topological polar surface area (TPSA) is 15.3 Å². The minimum absolute atomic E-state index is 0.999. The van der Waals surface area contributed by atoms with Crippen molar-refractivity contribution in [1.82, 2.24) is 4.90 Å². The predicted octanol–water partition coefficient (Wildman–Crippen LogP) is 4.07. The molecular formula is C17H21N2. The Morgan fingerprint density at radius 1 is 1.00 bits per heavy atom. The highest BCUT2D eigenvalue weighted by atomic mass is 15.1. The molecule has 0 aliphatic carbocycles. The molecule has 1 N–H and O–H groups in total. The summed E-state index contributed by atoms with van der Waals surface area (Å²) in [4.78, 5) is 2.41. The Bertz CT molecular complexity index is 472. The maximum absolute atomic E-state index is 3.34. The van der Waals surface area contributed by atoms with Gasteiger partial charge in [-0.2, -0.15) is 0 Å². The van der Waals surface area contributed by atoms with E-state index in [2.05, 4.69) is 54.4 Å². The Hall–Kier alpha value is -1.80. The van der Waals surface area contributed by atoms with Crippen molar-refractivity contribution in [2.24, 2.45) is 0 Å². The number of anilines is 2. The van der Waals surface area contributed by atoms with Crippen LogP contribution in [0.3, 0.4) is 0 Å². The van der Waals surface area contributed by atoms with E-state index in [-0.39, 0.29) is 0 Å². The molecule has 99 valence electrons. The number of para-hydroxylation sites is 1. The van der Waals surface area contributed by atoms with Crippen molar-refractivity contribution in [3.8, 4) is 0 Å². The molecule has 2 aromatic rings. The molecule has 0 amide bonds. The molecule has 0 atom stereocenters. The third-order valence-corrected chi connectivity index (χ3v) is 3.24. The highest BCUT2D eigenvalue weighted by Gasteiger charge is 2.01. The molecule has 2 aromatic carbocycles. The summed E-state index contributed by atoms with van der Waals surface area (Å²) in [6.45, 7) is 7.60. The summed E-state index contributed by atoms with van der Waals surface area (Å²) in [5.41, 5.74) is 3.45. The lowest BCUT2D eigenvalue weighted by atomic mass is 10.2. The largest absolute Gasteiger partial charge is 0.355 e. The zero-order valence-electron chi connectivity index (χ0n) is 11.7. The van der Waals surface area contributed by atoms with Crippen molar-refractivity contribution >= 4 is 11.4 Å². The first-order valence-corrected chi connectivity index (χ1v) is 6.87. The van der Waals surface area contributed by atoms with E-state index in [0.717, 1.165) is 31.0 Å².